The lowest BCUT2D eigenvalue weighted by Gasteiger charge is -1.85. The zero-order valence-electron chi connectivity index (χ0n) is 3.86. The lowest BCUT2D eigenvalue weighted by molar-refractivity contribution is 0.753. The van der Waals surface area contributed by atoms with Crippen molar-refractivity contribution in [3.05, 3.63) is 0 Å². The summed E-state index contributed by atoms with van der Waals surface area (Å²) in [6.45, 7) is 0. The molecule has 0 nitrogen and oxygen atoms in total. The second-order valence-corrected chi connectivity index (χ2v) is 1.92. The van der Waals surface area contributed by atoms with E-state index < -0.39 is 0 Å². The van der Waals surface area contributed by atoms with E-state index in [-0.39, 0.29) is 0 Å². The van der Waals surface area contributed by atoms with Crippen molar-refractivity contribution < 1.29 is 0 Å². The zero-order valence-corrected chi connectivity index (χ0v) is 3.86. The molecule has 0 amide bonds. The smallest absolute Gasteiger partial charge is 0.0833 e. The van der Waals surface area contributed by atoms with Gasteiger partial charge in [0.1, 0.15) is 0 Å². The fourth-order valence-electron chi connectivity index (χ4n) is 0.946. The molecular weight excluding hydrogens is 84.1 g/mol. The predicted molar refractivity (Wildman–Crippen MR) is 27.1 cm³/mol. The third-order valence-electron chi connectivity index (χ3n) is 1.33. The largest absolute Gasteiger partial charge is 0.0854 e. The van der Waals surface area contributed by atoms with Crippen molar-refractivity contribution >= 4 is 0 Å². The number of rotatable bonds is 0. The van der Waals surface area contributed by atoms with Gasteiger partial charge in [-0.15, -0.1) is 0 Å². The minimum atomic E-state index is 0.449. The van der Waals surface area contributed by atoms with Crippen LogP contribution in [0.25, 0.3) is 0 Å². The van der Waals surface area contributed by atoms with Gasteiger partial charge in [0, 0.05) is 0 Å². The van der Waals surface area contributed by atoms with Gasteiger partial charge in [-0.25, -0.2) is 0 Å². The van der Waals surface area contributed by atoms with Crippen LogP contribution in [0.4, 0.5) is 0 Å². The number of hydrogen-bond donors (Lipinski definition) is 0. The van der Waals surface area contributed by atoms with E-state index >= 15 is 0 Å². The van der Waals surface area contributed by atoms with Gasteiger partial charge in [-0.3, -0.25) is 0 Å². The maximum absolute atomic E-state index is 3.03. The second-order valence-electron chi connectivity index (χ2n) is 1.92. The minimum absolute atomic E-state index is 0.449. The lowest BCUT2D eigenvalue weighted by Crippen LogP contribution is -1.84. The maximum atomic E-state index is 3.03. The molecule has 0 heteroatoms. The molecule has 2 aliphatic carbocycles. The fraction of sp³-hybridized carbons (Fsp3) is 0.429. The van der Waals surface area contributed by atoms with Gasteiger partial charge in [-0.2, -0.15) is 0 Å². The van der Waals surface area contributed by atoms with Crippen molar-refractivity contribution in [2.75, 3.05) is 0 Å². The molecule has 0 fully saturated rings. The molecule has 2 aliphatic rings. The van der Waals surface area contributed by atoms with E-state index in [1.54, 1.807) is 0 Å². The molecule has 0 unspecified atom stereocenters. The summed E-state index contributed by atoms with van der Waals surface area (Å²) in [5, 5.41) is 0. The van der Waals surface area contributed by atoms with Crippen molar-refractivity contribution in [1.82, 2.24) is 0 Å². The molecule has 0 saturated carbocycles. The molecule has 0 aromatic heterocycles. The number of fused-ring (bicyclic) bond motifs is 2. The molecule has 2 rings (SSSR count). The van der Waals surface area contributed by atoms with E-state index in [4.69, 9.17) is 0 Å². The summed E-state index contributed by atoms with van der Waals surface area (Å²) in [5.41, 5.74) is 0. The SMILES string of the molecule is C1#CC2C#CC1C2. The average molecular weight is 88.1 g/mol. The molecule has 0 aromatic carbocycles. The van der Waals surface area contributed by atoms with Gasteiger partial charge in [0.15, 0.2) is 0 Å². The lowest BCUT2D eigenvalue weighted by atomic mass is 10.1. The Bertz CT molecular complexity index is 164. The first-order valence-electron chi connectivity index (χ1n) is 2.47. The molecule has 7 heavy (non-hydrogen) atoms. The summed E-state index contributed by atoms with van der Waals surface area (Å²) >= 11 is 0. The van der Waals surface area contributed by atoms with Gasteiger partial charge in [0.25, 0.3) is 0 Å². The third kappa shape index (κ3) is 0.290. The van der Waals surface area contributed by atoms with Crippen molar-refractivity contribution in [3.8, 4) is 23.7 Å². The van der Waals surface area contributed by atoms with E-state index in [1.807, 2.05) is 0 Å². The highest BCUT2D eigenvalue weighted by Gasteiger charge is 2.19. The summed E-state index contributed by atoms with van der Waals surface area (Å²) in [7, 11) is 0. The van der Waals surface area contributed by atoms with Crippen LogP contribution >= 0.6 is 0 Å². The Morgan fingerprint density at radius 1 is 0.857 bits per heavy atom. The summed E-state index contributed by atoms with van der Waals surface area (Å²) in [6, 6.07) is 0. The van der Waals surface area contributed by atoms with Crippen LogP contribution < -0.4 is 0 Å². The zero-order chi connectivity index (χ0) is 4.69. The highest BCUT2D eigenvalue weighted by molar-refractivity contribution is 5.37. The Labute approximate surface area is 42.9 Å². The predicted octanol–water partition coefficient (Wildman–Crippen LogP) is 0.643. The maximum Gasteiger partial charge on any atom is 0.0833 e. The van der Waals surface area contributed by atoms with Crippen LogP contribution in [0.3, 0.4) is 0 Å². The molecule has 0 radical (unpaired) electrons. The van der Waals surface area contributed by atoms with Crippen LogP contribution in [-0.4, -0.2) is 0 Å². The van der Waals surface area contributed by atoms with Crippen molar-refractivity contribution in [3.63, 3.8) is 0 Å². The number of hydrogen-bond acceptors (Lipinski definition) is 0. The molecule has 0 saturated heterocycles. The normalized spacial score (nSPS) is 38.9. The molecule has 0 heterocycles. The van der Waals surface area contributed by atoms with E-state index in [2.05, 4.69) is 23.7 Å². The van der Waals surface area contributed by atoms with E-state index in [0.29, 0.717) is 11.8 Å². The Hall–Kier alpha value is -0.880. The van der Waals surface area contributed by atoms with E-state index in [1.165, 1.54) is 0 Å². The summed E-state index contributed by atoms with van der Waals surface area (Å²) in [5.74, 6) is 13.0. The highest BCUT2D eigenvalue weighted by Crippen LogP contribution is 2.21. The fourth-order valence-corrected chi connectivity index (χ4v) is 0.946. The summed E-state index contributed by atoms with van der Waals surface area (Å²) < 4.78 is 0. The summed E-state index contributed by atoms with van der Waals surface area (Å²) in [6.07, 6.45) is 1.14. The topological polar surface area (TPSA) is 0 Å². The quantitative estimate of drug-likeness (QED) is 0.381. The van der Waals surface area contributed by atoms with Crippen molar-refractivity contribution in [2.45, 2.75) is 6.42 Å². The summed E-state index contributed by atoms with van der Waals surface area (Å²) in [4.78, 5) is 0. The van der Waals surface area contributed by atoms with Crippen LogP contribution in [0, 0.1) is 35.5 Å². The van der Waals surface area contributed by atoms with Crippen LogP contribution in [0.2, 0.25) is 0 Å². The average Bonchev–Trinajstić information content (AvgIpc) is 2.22. The van der Waals surface area contributed by atoms with Crippen LogP contribution in [0.15, 0.2) is 0 Å². The molecule has 2 bridgehead atoms. The molecule has 0 atom stereocenters. The Balaban J connectivity index is 2.49. The molecule has 0 aromatic rings. The van der Waals surface area contributed by atoms with Gasteiger partial charge >= 0.3 is 0 Å². The third-order valence-corrected chi connectivity index (χ3v) is 1.33. The Kier molecular flexibility index (Phi) is 0.384. The first kappa shape index (κ1) is 3.16. The molecule has 0 spiro atoms. The standard InChI is InChI=1S/C7H4/c1-2-7-4-3-6(1)5-7/h6-7H,5H2. The van der Waals surface area contributed by atoms with Gasteiger partial charge in [-0.05, 0) is 6.42 Å². The van der Waals surface area contributed by atoms with Crippen LogP contribution in [-0.2, 0) is 0 Å². The first-order chi connectivity index (χ1) is 3.45. The Morgan fingerprint density at radius 3 is 1.43 bits per heavy atom. The van der Waals surface area contributed by atoms with Gasteiger partial charge in [-0.1, -0.05) is 23.7 Å². The molecule has 32 valence electrons. The van der Waals surface area contributed by atoms with Crippen molar-refractivity contribution in [1.29, 1.82) is 0 Å². The van der Waals surface area contributed by atoms with Crippen LogP contribution in [0.1, 0.15) is 6.42 Å². The molecule has 0 N–H and O–H groups in total. The molecular formula is C7H4. The second kappa shape index (κ2) is 0.849. The minimum Gasteiger partial charge on any atom is -0.0854 e. The van der Waals surface area contributed by atoms with Crippen LogP contribution in [0.5, 0.6) is 0 Å². The van der Waals surface area contributed by atoms with Gasteiger partial charge < -0.3 is 0 Å². The van der Waals surface area contributed by atoms with Gasteiger partial charge in [0.2, 0.25) is 0 Å². The Morgan fingerprint density at radius 2 is 1.29 bits per heavy atom. The monoisotopic (exact) mass is 88.0 g/mol. The molecule has 0 aliphatic heterocycles. The van der Waals surface area contributed by atoms with E-state index in [9.17, 15) is 0 Å². The van der Waals surface area contributed by atoms with Crippen molar-refractivity contribution in [2.24, 2.45) is 11.8 Å². The van der Waals surface area contributed by atoms with E-state index in [0.717, 1.165) is 6.42 Å². The van der Waals surface area contributed by atoms with Gasteiger partial charge in [0.05, 0.1) is 11.8 Å². The first-order valence-corrected chi connectivity index (χ1v) is 2.47. The highest BCUT2D eigenvalue weighted by atomic mass is 14.2.